The van der Waals surface area contributed by atoms with E-state index in [0.29, 0.717) is 41.9 Å². The number of primary amides is 1. The Labute approximate surface area is 205 Å². The Morgan fingerprint density at radius 2 is 1.56 bits per heavy atom. The van der Waals surface area contributed by atoms with Crippen molar-refractivity contribution in [2.75, 3.05) is 0 Å². The van der Waals surface area contributed by atoms with Crippen molar-refractivity contribution >= 4 is 17.8 Å². The first-order valence-electron chi connectivity index (χ1n) is 13.6. The quantitative estimate of drug-likeness (QED) is 0.544. The summed E-state index contributed by atoms with van der Waals surface area (Å²) in [6.07, 6.45) is 9.76. The van der Waals surface area contributed by atoms with E-state index in [-0.39, 0.29) is 40.9 Å². The van der Waals surface area contributed by atoms with Gasteiger partial charge in [-0.2, -0.15) is 0 Å². The fourth-order valence-corrected chi connectivity index (χ4v) is 9.38. The van der Waals surface area contributed by atoms with Crippen LogP contribution in [0.4, 0.5) is 0 Å². The maximum Gasteiger partial charge on any atom is 0.302 e. The lowest BCUT2D eigenvalue weighted by Crippen LogP contribution is -2.59. The third-order valence-electron chi connectivity index (χ3n) is 10.9. The van der Waals surface area contributed by atoms with Crippen molar-refractivity contribution in [3.63, 3.8) is 0 Å². The standard InChI is InChI=1S/C28H45NO5/c1-16(6-9-25(29)32)21-7-8-22-26-23(11-13-28(21,22)5)27(4)12-10-20(33-17(2)30)14-19(27)15-24(26)34-18(3)31/h16,19-24,26H,6-15H2,1-5H3,(H2,29,32)/t16-,19+,20-,21-,22+,23+,24-,26+,27+,28-/m1/s1. The minimum absolute atomic E-state index is 0.0130. The van der Waals surface area contributed by atoms with E-state index in [1.54, 1.807) is 0 Å². The Balaban J connectivity index is 1.59. The smallest absolute Gasteiger partial charge is 0.302 e. The van der Waals surface area contributed by atoms with Gasteiger partial charge in [0.05, 0.1) is 0 Å². The molecule has 0 spiro atoms. The highest BCUT2D eigenvalue weighted by Crippen LogP contribution is 2.68. The first kappa shape index (κ1) is 25.5. The molecule has 10 atom stereocenters. The SMILES string of the molecule is CC(=O)O[C@@H]1CC[C@@]2(C)[C@@H](C1)C[C@@H](OC(C)=O)[C@@H]1[C@@H]2CC[C@]2(C)[C@@H]([C@H](C)CCC(N)=O)CC[C@@H]12. The summed E-state index contributed by atoms with van der Waals surface area (Å²) >= 11 is 0. The van der Waals surface area contributed by atoms with E-state index in [2.05, 4.69) is 20.8 Å². The third-order valence-corrected chi connectivity index (χ3v) is 10.9. The second-order valence-corrected chi connectivity index (χ2v) is 12.6. The largest absolute Gasteiger partial charge is 0.463 e. The summed E-state index contributed by atoms with van der Waals surface area (Å²) in [6, 6.07) is 0. The molecule has 4 fully saturated rings. The summed E-state index contributed by atoms with van der Waals surface area (Å²) in [7, 11) is 0. The molecule has 0 radical (unpaired) electrons. The number of fused-ring (bicyclic) bond motifs is 5. The van der Waals surface area contributed by atoms with Gasteiger partial charge in [0.2, 0.25) is 5.91 Å². The van der Waals surface area contributed by atoms with Crippen LogP contribution in [0.1, 0.15) is 98.8 Å². The minimum atomic E-state index is -0.208. The van der Waals surface area contributed by atoms with Crippen LogP contribution in [0.25, 0.3) is 0 Å². The van der Waals surface area contributed by atoms with Gasteiger partial charge in [0.1, 0.15) is 12.2 Å². The molecule has 0 unspecified atom stereocenters. The molecule has 0 aromatic rings. The van der Waals surface area contributed by atoms with E-state index in [4.69, 9.17) is 15.2 Å². The third kappa shape index (κ3) is 4.51. The van der Waals surface area contributed by atoms with Crippen LogP contribution in [0.2, 0.25) is 0 Å². The molecule has 0 aliphatic heterocycles. The second kappa shape index (κ2) is 9.46. The van der Waals surface area contributed by atoms with Crippen LogP contribution < -0.4 is 5.73 Å². The molecule has 4 aliphatic rings. The maximum atomic E-state index is 12.2. The van der Waals surface area contributed by atoms with Gasteiger partial charge >= 0.3 is 11.9 Å². The van der Waals surface area contributed by atoms with Crippen LogP contribution in [-0.4, -0.2) is 30.1 Å². The maximum absolute atomic E-state index is 12.2. The molecular weight excluding hydrogens is 430 g/mol. The van der Waals surface area contributed by atoms with E-state index in [1.165, 1.54) is 39.5 Å². The molecule has 0 aromatic carbocycles. The Morgan fingerprint density at radius 3 is 2.21 bits per heavy atom. The van der Waals surface area contributed by atoms with E-state index in [0.717, 1.165) is 32.1 Å². The van der Waals surface area contributed by atoms with Crippen LogP contribution >= 0.6 is 0 Å². The number of hydrogen-bond acceptors (Lipinski definition) is 5. The van der Waals surface area contributed by atoms with Crippen molar-refractivity contribution in [1.82, 2.24) is 0 Å². The molecule has 4 aliphatic carbocycles. The van der Waals surface area contributed by atoms with Gasteiger partial charge in [-0.25, -0.2) is 0 Å². The highest BCUT2D eigenvalue weighted by atomic mass is 16.5. The molecule has 6 heteroatoms. The average molecular weight is 476 g/mol. The van der Waals surface area contributed by atoms with E-state index in [9.17, 15) is 14.4 Å². The van der Waals surface area contributed by atoms with E-state index in [1.807, 2.05) is 0 Å². The lowest BCUT2D eigenvalue weighted by atomic mass is 9.43. The fraction of sp³-hybridized carbons (Fsp3) is 0.893. The van der Waals surface area contributed by atoms with Crippen molar-refractivity contribution in [3.05, 3.63) is 0 Å². The molecule has 4 rings (SSSR count). The molecular formula is C28H45NO5. The average Bonchev–Trinajstić information content (AvgIpc) is 3.09. The summed E-state index contributed by atoms with van der Waals surface area (Å²) < 4.78 is 11.7. The van der Waals surface area contributed by atoms with Gasteiger partial charge in [-0.3, -0.25) is 14.4 Å². The Kier molecular flexibility index (Phi) is 7.10. The molecule has 6 nitrogen and oxygen atoms in total. The number of nitrogens with two attached hydrogens (primary N) is 1. The van der Waals surface area contributed by atoms with Gasteiger partial charge < -0.3 is 15.2 Å². The lowest BCUT2D eigenvalue weighted by Gasteiger charge is -2.62. The summed E-state index contributed by atoms with van der Waals surface area (Å²) in [5, 5.41) is 0. The van der Waals surface area contributed by atoms with Crippen molar-refractivity contribution in [2.45, 2.75) is 111 Å². The number of ether oxygens (including phenoxy) is 2. The van der Waals surface area contributed by atoms with Crippen LogP contribution in [0.5, 0.6) is 0 Å². The molecule has 0 heterocycles. The molecule has 4 saturated carbocycles. The molecule has 0 aromatic heterocycles. The number of amides is 1. The number of carbonyl (C=O) groups is 3. The number of rotatable bonds is 6. The molecule has 0 bridgehead atoms. The van der Waals surface area contributed by atoms with Crippen LogP contribution in [-0.2, 0) is 23.9 Å². The minimum Gasteiger partial charge on any atom is -0.463 e. The highest BCUT2D eigenvalue weighted by molar-refractivity contribution is 5.73. The van der Waals surface area contributed by atoms with E-state index >= 15 is 0 Å². The van der Waals surface area contributed by atoms with E-state index < -0.39 is 0 Å². The normalized spacial score (nSPS) is 44.2. The first-order valence-corrected chi connectivity index (χ1v) is 13.6. The predicted molar refractivity (Wildman–Crippen MR) is 129 cm³/mol. The van der Waals surface area contributed by atoms with Gasteiger partial charge in [-0.1, -0.05) is 20.8 Å². The van der Waals surface area contributed by atoms with Gasteiger partial charge in [0, 0.05) is 26.2 Å². The molecule has 34 heavy (non-hydrogen) atoms. The number of carbonyl (C=O) groups excluding carboxylic acids is 3. The fourth-order valence-electron chi connectivity index (χ4n) is 9.38. The van der Waals surface area contributed by atoms with Crippen LogP contribution in [0.3, 0.4) is 0 Å². The van der Waals surface area contributed by atoms with Crippen molar-refractivity contribution in [3.8, 4) is 0 Å². The zero-order chi connectivity index (χ0) is 24.8. The van der Waals surface area contributed by atoms with Crippen LogP contribution in [0.15, 0.2) is 0 Å². The monoisotopic (exact) mass is 475 g/mol. The van der Waals surface area contributed by atoms with Gasteiger partial charge in [-0.05, 0) is 98.2 Å². The molecule has 1 amide bonds. The van der Waals surface area contributed by atoms with Gasteiger partial charge in [0.25, 0.3) is 0 Å². The van der Waals surface area contributed by atoms with Crippen molar-refractivity contribution in [2.24, 2.45) is 52.1 Å². The Bertz CT molecular complexity index is 813. The first-order chi connectivity index (χ1) is 16.0. The van der Waals surface area contributed by atoms with Gasteiger partial charge in [-0.15, -0.1) is 0 Å². The topological polar surface area (TPSA) is 95.7 Å². The molecule has 0 saturated heterocycles. The summed E-state index contributed by atoms with van der Waals surface area (Å²) in [5.41, 5.74) is 5.87. The second-order valence-electron chi connectivity index (χ2n) is 12.6. The molecule has 192 valence electrons. The summed E-state index contributed by atoms with van der Waals surface area (Å²) in [4.78, 5) is 35.2. The van der Waals surface area contributed by atoms with Gasteiger partial charge in [0.15, 0.2) is 0 Å². The number of hydrogen-bond donors (Lipinski definition) is 1. The number of esters is 2. The highest BCUT2D eigenvalue weighted by Gasteiger charge is 2.63. The lowest BCUT2D eigenvalue weighted by molar-refractivity contribution is -0.197. The summed E-state index contributed by atoms with van der Waals surface area (Å²) in [5.74, 6) is 2.34. The summed E-state index contributed by atoms with van der Waals surface area (Å²) in [6.45, 7) is 10.3. The predicted octanol–water partition coefficient (Wildman–Crippen LogP) is 5.02. The molecule has 2 N–H and O–H groups in total. The van der Waals surface area contributed by atoms with Crippen LogP contribution in [0, 0.1) is 46.3 Å². The van der Waals surface area contributed by atoms with Crippen molar-refractivity contribution < 1.29 is 23.9 Å². The van der Waals surface area contributed by atoms with Crippen molar-refractivity contribution in [1.29, 1.82) is 0 Å². The Morgan fingerprint density at radius 1 is 0.912 bits per heavy atom. The zero-order valence-electron chi connectivity index (χ0n) is 21.8. The zero-order valence-corrected chi connectivity index (χ0v) is 21.8. The Hall–Kier alpha value is -1.59.